The molecule has 3 aromatic rings. The Morgan fingerprint density at radius 3 is 2.66 bits per heavy atom. The first-order valence-corrected chi connectivity index (χ1v) is 13.4. The van der Waals surface area contributed by atoms with Gasteiger partial charge in [0.15, 0.2) is 4.80 Å². The highest BCUT2D eigenvalue weighted by atomic mass is 32.2. The van der Waals surface area contributed by atoms with Gasteiger partial charge in [-0.25, -0.2) is 8.42 Å². The summed E-state index contributed by atoms with van der Waals surface area (Å²) in [6.07, 6.45) is 0.924. The van der Waals surface area contributed by atoms with Gasteiger partial charge in [0.25, 0.3) is 15.9 Å². The molecule has 0 aliphatic carbocycles. The molecule has 1 fully saturated rings. The number of carbonyl (C=O) groups excluding carboxylic acids is 1. The molecule has 1 aliphatic rings. The summed E-state index contributed by atoms with van der Waals surface area (Å²) in [5.74, 6) is 0.248. The van der Waals surface area contributed by atoms with E-state index in [0.29, 0.717) is 48.1 Å². The van der Waals surface area contributed by atoms with Gasteiger partial charge in [-0.2, -0.15) is 9.30 Å². The molecule has 1 aromatic carbocycles. The van der Waals surface area contributed by atoms with Crippen LogP contribution in [0.25, 0.3) is 10.2 Å². The standard InChI is InChI=1S/C21H25N3O5S3/c1-28-12-11-24-17-6-5-16(29-2)14-18(17)31-21(24)22-20(25)15-7-9-23(10-8-15)32(26,27)19-4-3-13-30-19/h3-6,13-15H,7-12H2,1-2H3. The third-order valence-corrected chi connectivity index (χ3v) is 9.82. The van der Waals surface area contributed by atoms with Crippen molar-refractivity contribution in [3.8, 4) is 5.75 Å². The van der Waals surface area contributed by atoms with Crippen LogP contribution < -0.4 is 9.54 Å². The first-order valence-electron chi connectivity index (χ1n) is 10.2. The maximum atomic E-state index is 13.0. The predicted octanol–water partition coefficient (Wildman–Crippen LogP) is 2.95. The zero-order valence-corrected chi connectivity index (χ0v) is 20.3. The average molecular weight is 496 g/mol. The molecule has 0 N–H and O–H groups in total. The van der Waals surface area contributed by atoms with Crippen LogP contribution in [0.5, 0.6) is 5.75 Å². The second kappa shape index (κ2) is 9.84. The van der Waals surface area contributed by atoms with Crippen LogP contribution in [0.2, 0.25) is 0 Å². The molecule has 0 unspecified atom stereocenters. The van der Waals surface area contributed by atoms with E-state index in [1.54, 1.807) is 31.7 Å². The van der Waals surface area contributed by atoms with E-state index in [1.807, 2.05) is 22.8 Å². The van der Waals surface area contributed by atoms with Crippen molar-refractivity contribution in [2.24, 2.45) is 10.9 Å². The zero-order valence-electron chi connectivity index (χ0n) is 17.9. The molecule has 2 aromatic heterocycles. The fourth-order valence-electron chi connectivity index (χ4n) is 3.73. The van der Waals surface area contributed by atoms with E-state index in [4.69, 9.17) is 9.47 Å². The topological polar surface area (TPSA) is 90.2 Å². The SMILES string of the molecule is COCCn1c(=NC(=O)C2CCN(S(=O)(=O)c3cccs3)CC2)sc2cc(OC)ccc21. The number of aromatic nitrogens is 1. The minimum absolute atomic E-state index is 0.206. The van der Waals surface area contributed by atoms with Gasteiger partial charge in [-0.15, -0.1) is 11.3 Å². The Labute approximate surface area is 194 Å². The van der Waals surface area contributed by atoms with Crippen molar-refractivity contribution in [3.63, 3.8) is 0 Å². The van der Waals surface area contributed by atoms with Crippen LogP contribution in [-0.2, 0) is 26.1 Å². The molecule has 4 rings (SSSR count). The summed E-state index contributed by atoms with van der Waals surface area (Å²) in [6.45, 7) is 1.71. The highest BCUT2D eigenvalue weighted by Gasteiger charge is 2.32. The van der Waals surface area contributed by atoms with E-state index in [9.17, 15) is 13.2 Å². The van der Waals surface area contributed by atoms with Gasteiger partial charge in [-0.05, 0) is 42.5 Å². The number of hydrogen-bond acceptors (Lipinski definition) is 7. The number of hydrogen-bond donors (Lipinski definition) is 0. The summed E-state index contributed by atoms with van der Waals surface area (Å²) < 4.78 is 40.7. The lowest BCUT2D eigenvalue weighted by Crippen LogP contribution is -2.40. The average Bonchev–Trinajstić information content (AvgIpc) is 3.46. The number of nitrogens with zero attached hydrogens (tertiary/aromatic N) is 3. The van der Waals surface area contributed by atoms with Gasteiger partial charge in [-0.3, -0.25) is 4.79 Å². The molecule has 3 heterocycles. The number of rotatable bonds is 7. The number of carbonyl (C=O) groups is 1. The molecule has 172 valence electrons. The molecule has 0 atom stereocenters. The number of sulfonamides is 1. The van der Waals surface area contributed by atoms with Gasteiger partial charge in [0.1, 0.15) is 9.96 Å². The third-order valence-electron chi connectivity index (χ3n) is 5.51. The van der Waals surface area contributed by atoms with E-state index < -0.39 is 10.0 Å². The highest BCUT2D eigenvalue weighted by molar-refractivity contribution is 7.91. The number of benzene rings is 1. The highest BCUT2D eigenvalue weighted by Crippen LogP contribution is 2.27. The summed E-state index contributed by atoms with van der Waals surface area (Å²) in [5, 5.41) is 1.75. The molecular weight excluding hydrogens is 470 g/mol. The molecule has 0 bridgehead atoms. The Morgan fingerprint density at radius 2 is 2.00 bits per heavy atom. The molecule has 11 heteroatoms. The lowest BCUT2D eigenvalue weighted by molar-refractivity contribution is -0.122. The third kappa shape index (κ3) is 4.67. The normalized spacial score (nSPS) is 16.6. The fraction of sp³-hybridized carbons (Fsp3) is 0.429. The molecule has 32 heavy (non-hydrogen) atoms. The lowest BCUT2D eigenvalue weighted by atomic mass is 9.98. The molecule has 1 amide bonds. The fourth-order valence-corrected chi connectivity index (χ4v) is 7.43. The van der Waals surface area contributed by atoms with Crippen LogP contribution in [0.3, 0.4) is 0 Å². The van der Waals surface area contributed by atoms with Gasteiger partial charge in [-0.1, -0.05) is 17.4 Å². The van der Waals surface area contributed by atoms with Crippen LogP contribution in [0.15, 0.2) is 44.9 Å². The Balaban J connectivity index is 1.55. The largest absolute Gasteiger partial charge is 0.497 e. The summed E-state index contributed by atoms with van der Waals surface area (Å²) in [6, 6.07) is 9.11. The second-order valence-electron chi connectivity index (χ2n) is 7.42. The van der Waals surface area contributed by atoms with Gasteiger partial charge < -0.3 is 14.0 Å². The van der Waals surface area contributed by atoms with Crippen molar-refractivity contribution in [2.45, 2.75) is 23.6 Å². The van der Waals surface area contributed by atoms with Crippen LogP contribution in [0, 0.1) is 5.92 Å². The van der Waals surface area contributed by atoms with Crippen molar-refractivity contribution in [3.05, 3.63) is 40.5 Å². The number of ether oxygens (including phenoxy) is 2. The molecule has 1 saturated heterocycles. The summed E-state index contributed by atoms with van der Waals surface area (Å²) >= 11 is 2.64. The van der Waals surface area contributed by atoms with Crippen molar-refractivity contribution in [1.82, 2.24) is 8.87 Å². The first-order chi connectivity index (χ1) is 15.4. The number of methoxy groups -OCH3 is 2. The van der Waals surface area contributed by atoms with Crippen LogP contribution in [0.1, 0.15) is 12.8 Å². The van der Waals surface area contributed by atoms with Crippen molar-refractivity contribution in [1.29, 1.82) is 0 Å². The molecule has 0 radical (unpaired) electrons. The van der Waals surface area contributed by atoms with Crippen LogP contribution >= 0.6 is 22.7 Å². The smallest absolute Gasteiger partial charge is 0.252 e. The van der Waals surface area contributed by atoms with E-state index in [2.05, 4.69) is 4.99 Å². The molecule has 0 saturated carbocycles. The van der Waals surface area contributed by atoms with Crippen LogP contribution in [0.4, 0.5) is 0 Å². The Hall–Kier alpha value is -2.05. The van der Waals surface area contributed by atoms with E-state index in [-0.39, 0.29) is 11.8 Å². The monoisotopic (exact) mass is 495 g/mol. The summed E-state index contributed by atoms with van der Waals surface area (Å²) in [4.78, 5) is 18.0. The number of fused-ring (bicyclic) bond motifs is 1. The summed E-state index contributed by atoms with van der Waals surface area (Å²) in [5.41, 5.74) is 0.969. The predicted molar refractivity (Wildman–Crippen MR) is 125 cm³/mol. The number of thiazole rings is 1. The second-order valence-corrected chi connectivity index (χ2v) is 11.5. The van der Waals surface area contributed by atoms with E-state index in [0.717, 1.165) is 16.0 Å². The van der Waals surface area contributed by atoms with Gasteiger partial charge in [0.2, 0.25) is 0 Å². The molecule has 0 spiro atoms. The first kappa shape index (κ1) is 23.1. The summed E-state index contributed by atoms with van der Waals surface area (Å²) in [7, 11) is -0.230. The Bertz CT molecular complexity index is 1250. The van der Waals surface area contributed by atoms with Crippen LogP contribution in [-0.4, -0.2) is 57.1 Å². The lowest BCUT2D eigenvalue weighted by Gasteiger charge is -2.29. The molecule has 8 nitrogen and oxygen atoms in total. The molecule has 1 aliphatic heterocycles. The number of piperidine rings is 1. The van der Waals surface area contributed by atoms with E-state index >= 15 is 0 Å². The van der Waals surface area contributed by atoms with Crippen molar-refractivity contribution >= 4 is 48.8 Å². The van der Waals surface area contributed by atoms with Gasteiger partial charge in [0.05, 0.1) is 23.9 Å². The number of thiophene rings is 1. The maximum Gasteiger partial charge on any atom is 0.252 e. The minimum atomic E-state index is -3.49. The van der Waals surface area contributed by atoms with E-state index in [1.165, 1.54) is 27.0 Å². The Kier molecular flexibility index (Phi) is 7.11. The van der Waals surface area contributed by atoms with Gasteiger partial charge >= 0.3 is 0 Å². The van der Waals surface area contributed by atoms with Gasteiger partial charge in [0, 0.05) is 32.7 Å². The minimum Gasteiger partial charge on any atom is -0.497 e. The zero-order chi connectivity index (χ0) is 22.7. The Morgan fingerprint density at radius 1 is 1.22 bits per heavy atom. The maximum absolute atomic E-state index is 13.0. The quantitative estimate of drug-likeness (QED) is 0.503. The van der Waals surface area contributed by atoms with Crippen molar-refractivity contribution in [2.75, 3.05) is 33.9 Å². The number of amides is 1. The molecular formula is C21H25N3O5S3. The van der Waals surface area contributed by atoms with Crippen molar-refractivity contribution < 1.29 is 22.7 Å².